The van der Waals surface area contributed by atoms with Gasteiger partial charge in [0.15, 0.2) is 0 Å². The van der Waals surface area contributed by atoms with Crippen LogP contribution >= 0.6 is 0 Å². The minimum atomic E-state index is -0.953. The summed E-state index contributed by atoms with van der Waals surface area (Å²) in [5, 5.41) is 11.8. The zero-order valence-corrected chi connectivity index (χ0v) is 12.2. The molecule has 0 radical (unpaired) electrons. The summed E-state index contributed by atoms with van der Waals surface area (Å²) in [5.41, 5.74) is 0. The number of carboxylic acids is 1. The normalized spacial score (nSPS) is 21.9. The van der Waals surface area contributed by atoms with Crippen molar-refractivity contribution in [1.29, 1.82) is 0 Å². The van der Waals surface area contributed by atoms with Gasteiger partial charge >= 0.3 is 12.0 Å². The number of carboxylic acid groups (broad SMARTS) is 1. The summed E-state index contributed by atoms with van der Waals surface area (Å²) in [7, 11) is 0. The van der Waals surface area contributed by atoms with Gasteiger partial charge in [-0.2, -0.15) is 0 Å². The molecule has 1 heterocycles. The highest BCUT2D eigenvalue weighted by molar-refractivity contribution is 5.82. The predicted molar refractivity (Wildman–Crippen MR) is 74.0 cm³/mol. The lowest BCUT2D eigenvalue weighted by Crippen LogP contribution is -2.48. The van der Waals surface area contributed by atoms with Crippen LogP contribution in [0.4, 0.5) is 4.79 Å². The standard InChI is InChI=1S/C14H26N2O3/c1-10(2)9-12(13(17)18)15-14(19)16-7-4-5-11(3)6-8-16/h10-12H,4-9H2,1-3H3,(H,15,19)(H,17,18). The highest BCUT2D eigenvalue weighted by Crippen LogP contribution is 2.16. The molecule has 1 fully saturated rings. The fraction of sp³-hybridized carbons (Fsp3) is 0.857. The number of rotatable bonds is 4. The molecule has 5 heteroatoms. The van der Waals surface area contributed by atoms with Crippen molar-refractivity contribution < 1.29 is 14.7 Å². The van der Waals surface area contributed by atoms with Gasteiger partial charge in [0.2, 0.25) is 0 Å². The molecule has 0 aromatic rings. The van der Waals surface area contributed by atoms with Crippen LogP contribution in [0.5, 0.6) is 0 Å². The molecule has 0 aliphatic carbocycles. The molecule has 1 aliphatic heterocycles. The number of nitrogens with zero attached hydrogens (tertiary/aromatic N) is 1. The van der Waals surface area contributed by atoms with Crippen molar-refractivity contribution in [3.05, 3.63) is 0 Å². The van der Waals surface area contributed by atoms with Crippen LogP contribution in [0.1, 0.15) is 46.5 Å². The van der Waals surface area contributed by atoms with Gasteiger partial charge < -0.3 is 15.3 Å². The number of amides is 2. The summed E-state index contributed by atoms with van der Waals surface area (Å²) < 4.78 is 0. The molecule has 0 spiro atoms. The summed E-state index contributed by atoms with van der Waals surface area (Å²) in [6.07, 6.45) is 3.59. The highest BCUT2D eigenvalue weighted by atomic mass is 16.4. The molecule has 0 saturated carbocycles. The lowest BCUT2D eigenvalue weighted by Gasteiger charge is -2.24. The number of carbonyl (C=O) groups excluding carboxylic acids is 1. The SMILES string of the molecule is CC(C)CC(NC(=O)N1CCCC(C)CC1)C(=O)O. The third-order valence-electron chi connectivity index (χ3n) is 3.61. The Hall–Kier alpha value is -1.26. The van der Waals surface area contributed by atoms with E-state index in [1.165, 1.54) is 0 Å². The van der Waals surface area contributed by atoms with Gasteiger partial charge in [0.05, 0.1) is 0 Å². The van der Waals surface area contributed by atoms with Gasteiger partial charge in [0, 0.05) is 13.1 Å². The second kappa shape index (κ2) is 7.36. The summed E-state index contributed by atoms with van der Waals surface area (Å²) in [6, 6.07) is -1.02. The van der Waals surface area contributed by atoms with E-state index in [0.29, 0.717) is 12.3 Å². The second-order valence-corrected chi connectivity index (χ2v) is 5.99. The molecule has 1 rings (SSSR count). The Bertz CT molecular complexity index is 318. The van der Waals surface area contributed by atoms with E-state index in [-0.39, 0.29) is 11.9 Å². The molecule has 0 aromatic heterocycles. The van der Waals surface area contributed by atoms with Gasteiger partial charge in [-0.15, -0.1) is 0 Å². The average molecular weight is 270 g/mol. The molecule has 1 saturated heterocycles. The summed E-state index contributed by atoms with van der Waals surface area (Å²) in [4.78, 5) is 25.0. The number of likely N-dealkylation sites (tertiary alicyclic amines) is 1. The van der Waals surface area contributed by atoms with Crippen molar-refractivity contribution in [3.63, 3.8) is 0 Å². The zero-order valence-electron chi connectivity index (χ0n) is 12.2. The van der Waals surface area contributed by atoms with E-state index in [1.54, 1.807) is 4.90 Å². The number of carbonyl (C=O) groups is 2. The molecule has 5 nitrogen and oxygen atoms in total. The third-order valence-corrected chi connectivity index (χ3v) is 3.61. The van der Waals surface area contributed by atoms with Gasteiger partial charge in [-0.3, -0.25) is 0 Å². The molecule has 2 unspecified atom stereocenters. The topological polar surface area (TPSA) is 69.6 Å². The molecule has 0 bridgehead atoms. The van der Waals surface area contributed by atoms with Crippen LogP contribution in [0.15, 0.2) is 0 Å². The monoisotopic (exact) mass is 270 g/mol. The Labute approximate surface area is 115 Å². The second-order valence-electron chi connectivity index (χ2n) is 5.99. The minimum Gasteiger partial charge on any atom is -0.480 e. The molecule has 2 N–H and O–H groups in total. The fourth-order valence-corrected chi connectivity index (χ4v) is 2.40. The quantitative estimate of drug-likeness (QED) is 0.823. The third kappa shape index (κ3) is 5.49. The lowest BCUT2D eigenvalue weighted by atomic mass is 10.0. The number of hydrogen-bond donors (Lipinski definition) is 2. The van der Waals surface area contributed by atoms with Crippen LogP contribution in [0, 0.1) is 11.8 Å². The molecule has 2 atom stereocenters. The largest absolute Gasteiger partial charge is 0.480 e. The molecular weight excluding hydrogens is 244 g/mol. The first-order chi connectivity index (χ1) is 8.90. The maximum Gasteiger partial charge on any atom is 0.326 e. The van der Waals surface area contributed by atoms with Crippen molar-refractivity contribution in [1.82, 2.24) is 10.2 Å². The Morgan fingerprint density at radius 3 is 2.58 bits per heavy atom. The summed E-state index contributed by atoms with van der Waals surface area (Å²) in [5.74, 6) is -0.0699. The van der Waals surface area contributed by atoms with Gasteiger partial charge in [-0.25, -0.2) is 9.59 Å². The Morgan fingerprint density at radius 1 is 1.32 bits per heavy atom. The lowest BCUT2D eigenvalue weighted by molar-refractivity contribution is -0.139. The molecular formula is C14H26N2O3. The molecule has 0 aromatic carbocycles. The highest BCUT2D eigenvalue weighted by Gasteiger charge is 2.25. The first kappa shape index (κ1) is 15.8. The molecule has 110 valence electrons. The van der Waals surface area contributed by atoms with Crippen molar-refractivity contribution >= 4 is 12.0 Å². The Balaban J connectivity index is 2.53. The van der Waals surface area contributed by atoms with Gasteiger partial charge in [-0.1, -0.05) is 20.8 Å². The number of urea groups is 1. The average Bonchev–Trinajstić information content (AvgIpc) is 2.52. The van der Waals surface area contributed by atoms with Crippen LogP contribution in [-0.2, 0) is 4.79 Å². The Morgan fingerprint density at radius 2 is 2.00 bits per heavy atom. The number of aliphatic carboxylic acids is 1. The minimum absolute atomic E-state index is 0.234. The molecule has 1 aliphatic rings. The van der Waals surface area contributed by atoms with E-state index in [9.17, 15) is 9.59 Å². The van der Waals surface area contributed by atoms with Gasteiger partial charge in [-0.05, 0) is 37.5 Å². The van der Waals surface area contributed by atoms with Gasteiger partial charge in [0.25, 0.3) is 0 Å². The van der Waals surface area contributed by atoms with E-state index in [1.807, 2.05) is 13.8 Å². The van der Waals surface area contributed by atoms with Crippen LogP contribution in [0.2, 0.25) is 0 Å². The molecule has 19 heavy (non-hydrogen) atoms. The van der Waals surface area contributed by atoms with Crippen LogP contribution in [0.25, 0.3) is 0 Å². The van der Waals surface area contributed by atoms with Crippen LogP contribution in [0.3, 0.4) is 0 Å². The van der Waals surface area contributed by atoms with Crippen molar-refractivity contribution in [2.75, 3.05) is 13.1 Å². The van der Waals surface area contributed by atoms with Gasteiger partial charge in [0.1, 0.15) is 6.04 Å². The summed E-state index contributed by atoms with van der Waals surface area (Å²) in [6.45, 7) is 7.55. The predicted octanol–water partition coefficient (Wildman–Crippen LogP) is 2.32. The van der Waals surface area contributed by atoms with Crippen LogP contribution in [-0.4, -0.2) is 41.1 Å². The molecule has 2 amide bonds. The van der Waals surface area contributed by atoms with E-state index in [2.05, 4.69) is 12.2 Å². The van der Waals surface area contributed by atoms with E-state index in [4.69, 9.17) is 5.11 Å². The Kier molecular flexibility index (Phi) is 6.12. The smallest absolute Gasteiger partial charge is 0.326 e. The van der Waals surface area contributed by atoms with Crippen molar-refractivity contribution in [3.8, 4) is 0 Å². The zero-order chi connectivity index (χ0) is 14.4. The first-order valence-corrected chi connectivity index (χ1v) is 7.18. The number of hydrogen-bond acceptors (Lipinski definition) is 2. The first-order valence-electron chi connectivity index (χ1n) is 7.18. The number of nitrogens with one attached hydrogen (secondary N) is 1. The fourth-order valence-electron chi connectivity index (χ4n) is 2.40. The maximum atomic E-state index is 12.1. The maximum absolute atomic E-state index is 12.1. The van der Waals surface area contributed by atoms with E-state index < -0.39 is 12.0 Å². The van der Waals surface area contributed by atoms with Crippen LogP contribution < -0.4 is 5.32 Å². The van der Waals surface area contributed by atoms with E-state index in [0.717, 1.165) is 32.4 Å². The summed E-state index contributed by atoms with van der Waals surface area (Å²) >= 11 is 0. The van der Waals surface area contributed by atoms with Crippen molar-refractivity contribution in [2.24, 2.45) is 11.8 Å². The van der Waals surface area contributed by atoms with Crippen molar-refractivity contribution in [2.45, 2.75) is 52.5 Å². The van der Waals surface area contributed by atoms with E-state index >= 15 is 0 Å².